The fourth-order valence-electron chi connectivity index (χ4n) is 5.35. The maximum absolute atomic E-state index is 13.5. The monoisotopic (exact) mass is 411 g/mol. The summed E-state index contributed by atoms with van der Waals surface area (Å²) in [4.78, 5) is 21.1. The van der Waals surface area contributed by atoms with E-state index in [2.05, 4.69) is 4.98 Å². The van der Waals surface area contributed by atoms with E-state index in [4.69, 9.17) is 4.74 Å². The van der Waals surface area contributed by atoms with Gasteiger partial charge in [0, 0.05) is 39.0 Å². The van der Waals surface area contributed by atoms with Gasteiger partial charge in [-0.25, -0.2) is 4.98 Å². The molecule has 2 saturated heterocycles. The topological polar surface area (TPSA) is 45.7 Å². The van der Waals surface area contributed by atoms with Gasteiger partial charge >= 0.3 is 6.18 Å². The molecule has 8 heteroatoms. The van der Waals surface area contributed by atoms with Crippen molar-refractivity contribution in [3.05, 3.63) is 23.9 Å². The Kier molecular flexibility index (Phi) is 5.48. The summed E-state index contributed by atoms with van der Waals surface area (Å²) in [6.07, 6.45) is 3.12. The fourth-order valence-corrected chi connectivity index (χ4v) is 5.35. The van der Waals surface area contributed by atoms with Gasteiger partial charge in [0.1, 0.15) is 5.82 Å². The summed E-state index contributed by atoms with van der Waals surface area (Å²) in [5, 5.41) is 0. The molecule has 1 aliphatic carbocycles. The second-order valence-electron chi connectivity index (χ2n) is 8.59. The Morgan fingerprint density at radius 2 is 1.93 bits per heavy atom. The summed E-state index contributed by atoms with van der Waals surface area (Å²) in [6.45, 7) is 1.51. The van der Waals surface area contributed by atoms with Crippen molar-refractivity contribution >= 4 is 11.7 Å². The number of halogens is 3. The normalized spacial score (nSPS) is 31.0. The quantitative estimate of drug-likeness (QED) is 0.757. The summed E-state index contributed by atoms with van der Waals surface area (Å²) in [7, 11) is 1.73. The van der Waals surface area contributed by atoms with E-state index in [0.29, 0.717) is 32.5 Å². The molecule has 0 bridgehead atoms. The lowest BCUT2D eigenvalue weighted by atomic mass is 9.78. The summed E-state index contributed by atoms with van der Waals surface area (Å²) in [6, 6.07) is 2.61. The molecule has 3 heterocycles. The highest BCUT2D eigenvalue weighted by Gasteiger charge is 2.51. The summed E-state index contributed by atoms with van der Waals surface area (Å²) >= 11 is 0. The van der Waals surface area contributed by atoms with Crippen molar-refractivity contribution in [1.29, 1.82) is 0 Å². The van der Waals surface area contributed by atoms with Crippen molar-refractivity contribution in [3.8, 4) is 0 Å². The molecular weight excluding hydrogens is 383 g/mol. The van der Waals surface area contributed by atoms with Crippen LogP contribution >= 0.6 is 0 Å². The van der Waals surface area contributed by atoms with Gasteiger partial charge in [-0.15, -0.1) is 0 Å². The van der Waals surface area contributed by atoms with Crippen LogP contribution in [0.15, 0.2) is 18.3 Å². The highest BCUT2D eigenvalue weighted by atomic mass is 19.4. The van der Waals surface area contributed by atoms with Crippen LogP contribution in [0.3, 0.4) is 0 Å². The lowest BCUT2D eigenvalue weighted by molar-refractivity contribution is -0.139. The first kappa shape index (κ1) is 20.4. The SMILES string of the molecule is COC1CCC(N2CC[C@@]3(CCCN(c4ncccc4C(F)(F)F)C3)C2=O)CC1. The largest absolute Gasteiger partial charge is 0.419 e. The number of alkyl halides is 3. The Labute approximate surface area is 169 Å². The van der Waals surface area contributed by atoms with Crippen LogP contribution in [-0.4, -0.2) is 54.7 Å². The van der Waals surface area contributed by atoms with Gasteiger partial charge in [0.2, 0.25) is 5.91 Å². The van der Waals surface area contributed by atoms with E-state index in [1.807, 2.05) is 4.90 Å². The molecule has 0 N–H and O–H groups in total. The Hall–Kier alpha value is -1.83. The fraction of sp³-hybridized carbons (Fsp3) is 0.714. The molecule has 3 fully saturated rings. The minimum atomic E-state index is -4.46. The van der Waals surface area contributed by atoms with E-state index in [9.17, 15) is 18.0 Å². The van der Waals surface area contributed by atoms with Gasteiger partial charge in [-0.3, -0.25) is 4.79 Å². The smallest absolute Gasteiger partial charge is 0.381 e. The van der Waals surface area contributed by atoms with Crippen LogP contribution in [0.5, 0.6) is 0 Å². The van der Waals surface area contributed by atoms with Gasteiger partial charge < -0.3 is 14.5 Å². The summed E-state index contributed by atoms with van der Waals surface area (Å²) in [5.74, 6) is 0.0680. The maximum atomic E-state index is 13.5. The summed E-state index contributed by atoms with van der Waals surface area (Å²) < 4.78 is 45.8. The zero-order chi connectivity index (χ0) is 20.6. The second-order valence-corrected chi connectivity index (χ2v) is 8.59. The van der Waals surface area contributed by atoms with Gasteiger partial charge in [0.15, 0.2) is 0 Å². The zero-order valence-corrected chi connectivity index (χ0v) is 16.7. The van der Waals surface area contributed by atoms with E-state index in [0.717, 1.165) is 38.2 Å². The number of likely N-dealkylation sites (tertiary alicyclic amines) is 1. The predicted octanol–water partition coefficient (Wildman–Crippen LogP) is 3.88. The van der Waals surface area contributed by atoms with Gasteiger partial charge in [0.05, 0.1) is 17.1 Å². The first-order chi connectivity index (χ1) is 13.8. The number of carbonyl (C=O) groups is 1. The second kappa shape index (κ2) is 7.78. The number of aromatic nitrogens is 1. The number of ether oxygens (including phenoxy) is 1. The number of amides is 1. The molecule has 1 aromatic heterocycles. The molecule has 1 saturated carbocycles. The van der Waals surface area contributed by atoms with Crippen LogP contribution in [0, 0.1) is 5.41 Å². The van der Waals surface area contributed by atoms with Crippen LogP contribution in [0.2, 0.25) is 0 Å². The number of anilines is 1. The molecule has 3 aliphatic rings. The van der Waals surface area contributed by atoms with Crippen LogP contribution in [0.1, 0.15) is 50.5 Å². The van der Waals surface area contributed by atoms with Crippen molar-refractivity contribution < 1.29 is 22.7 Å². The number of rotatable bonds is 3. The third-order valence-electron chi connectivity index (χ3n) is 6.93. The lowest BCUT2D eigenvalue weighted by Crippen LogP contribution is -2.50. The minimum absolute atomic E-state index is 0.0501. The third-order valence-corrected chi connectivity index (χ3v) is 6.93. The van der Waals surface area contributed by atoms with Crippen molar-refractivity contribution in [1.82, 2.24) is 9.88 Å². The molecule has 1 atom stereocenters. The molecule has 0 unspecified atom stereocenters. The molecule has 29 heavy (non-hydrogen) atoms. The Bertz CT molecular complexity index is 749. The molecule has 1 aromatic rings. The number of hydrogen-bond donors (Lipinski definition) is 0. The van der Waals surface area contributed by atoms with Gasteiger partial charge in [0.25, 0.3) is 0 Å². The first-order valence-corrected chi connectivity index (χ1v) is 10.4. The van der Waals surface area contributed by atoms with E-state index >= 15 is 0 Å². The van der Waals surface area contributed by atoms with Crippen LogP contribution in [0.4, 0.5) is 19.0 Å². The molecule has 2 aliphatic heterocycles. The highest BCUT2D eigenvalue weighted by Crippen LogP contribution is 2.45. The van der Waals surface area contributed by atoms with Gasteiger partial charge in [-0.1, -0.05) is 0 Å². The number of carbonyl (C=O) groups excluding carboxylic acids is 1. The van der Waals surface area contributed by atoms with Gasteiger partial charge in [-0.2, -0.15) is 13.2 Å². The van der Waals surface area contributed by atoms with E-state index in [1.54, 1.807) is 12.0 Å². The van der Waals surface area contributed by atoms with Crippen LogP contribution < -0.4 is 4.90 Å². The predicted molar refractivity (Wildman–Crippen MR) is 103 cm³/mol. The van der Waals surface area contributed by atoms with Crippen molar-refractivity contribution in [3.63, 3.8) is 0 Å². The van der Waals surface area contributed by atoms with E-state index in [1.165, 1.54) is 12.3 Å². The molecular formula is C21H28F3N3O2. The molecule has 1 amide bonds. The summed E-state index contributed by atoms with van der Waals surface area (Å²) in [5.41, 5.74) is -1.31. The molecule has 1 spiro atoms. The molecule has 160 valence electrons. The Balaban J connectivity index is 1.51. The number of piperidine rings is 1. The first-order valence-electron chi connectivity index (χ1n) is 10.4. The molecule has 4 rings (SSSR count). The standard InChI is InChI=1S/C21H28F3N3O2/c1-29-16-7-5-15(6-8-16)27-13-10-20(19(27)28)9-3-12-26(14-20)18-17(21(22,23)24)4-2-11-25-18/h2,4,11,15-16H,3,5-10,12-14H2,1H3/t15?,16?,20-/m1/s1. The number of pyridine rings is 1. The van der Waals surface area contributed by atoms with E-state index in [-0.39, 0.29) is 23.9 Å². The highest BCUT2D eigenvalue weighted by molar-refractivity contribution is 5.86. The number of hydrogen-bond acceptors (Lipinski definition) is 4. The third kappa shape index (κ3) is 3.83. The zero-order valence-electron chi connectivity index (χ0n) is 16.7. The maximum Gasteiger partial charge on any atom is 0.419 e. The van der Waals surface area contributed by atoms with Crippen molar-refractivity contribution in [2.45, 2.75) is 63.3 Å². The Morgan fingerprint density at radius 3 is 2.62 bits per heavy atom. The lowest BCUT2D eigenvalue weighted by Gasteiger charge is -2.41. The van der Waals surface area contributed by atoms with Crippen molar-refractivity contribution in [2.24, 2.45) is 5.41 Å². The average molecular weight is 411 g/mol. The van der Waals surface area contributed by atoms with Crippen molar-refractivity contribution in [2.75, 3.05) is 31.6 Å². The average Bonchev–Trinajstić information content (AvgIpc) is 3.03. The van der Waals surface area contributed by atoms with E-state index < -0.39 is 17.2 Å². The molecule has 0 aromatic carbocycles. The Morgan fingerprint density at radius 1 is 1.17 bits per heavy atom. The van der Waals surface area contributed by atoms with Gasteiger partial charge in [-0.05, 0) is 57.1 Å². The van der Waals surface area contributed by atoms with Crippen LogP contribution in [0.25, 0.3) is 0 Å². The number of methoxy groups -OCH3 is 1. The van der Waals surface area contributed by atoms with Crippen LogP contribution in [-0.2, 0) is 15.7 Å². The molecule has 0 radical (unpaired) electrons. The minimum Gasteiger partial charge on any atom is -0.381 e. The number of nitrogens with zero attached hydrogens (tertiary/aromatic N) is 3. The molecule has 5 nitrogen and oxygen atoms in total.